The van der Waals surface area contributed by atoms with Crippen LogP contribution in [-0.4, -0.2) is 62.8 Å². The summed E-state index contributed by atoms with van der Waals surface area (Å²) in [4.78, 5) is 19.2. The second kappa shape index (κ2) is 12.9. The number of likely N-dealkylation sites (tertiary alicyclic amines) is 1. The maximum atomic E-state index is 12.0. The van der Waals surface area contributed by atoms with Gasteiger partial charge in [-0.2, -0.15) is 0 Å². The number of halogens is 1. The SMILES string of the molecule is CCNC(=NCc1ccc(OC)c(C(=O)OC)c1)NC1CCN(C(C)C)CC1.I. The van der Waals surface area contributed by atoms with E-state index in [0.29, 0.717) is 29.9 Å². The van der Waals surface area contributed by atoms with Crippen LogP contribution in [0.3, 0.4) is 0 Å². The Balaban J connectivity index is 0.00000420. The molecule has 1 heterocycles. The summed E-state index contributed by atoms with van der Waals surface area (Å²) in [5.74, 6) is 0.895. The largest absolute Gasteiger partial charge is 0.496 e. The average molecular weight is 518 g/mol. The molecule has 1 aromatic rings. The lowest BCUT2D eigenvalue weighted by molar-refractivity contribution is 0.0597. The number of carbonyl (C=O) groups excluding carboxylic acids is 1. The van der Waals surface area contributed by atoms with E-state index >= 15 is 0 Å². The number of benzene rings is 1. The van der Waals surface area contributed by atoms with Crippen LogP contribution >= 0.6 is 24.0 Å². The molecule has 8 heteroatoms. The number of esters is 1. The normalized spacial score (nSPS) is 15.6. The van der Waals surface area contributed by atoms with E-state index in [1.54, 1.807) is 12.1 Å². The third-order valence-corrected chi connectivity index (χ3v) is 5.03. The number of nitrogens with one attached hydrogen (secondary N) is 2. The van der Waals surface area contributed by atoms with Crippen LogP contribution in [0.2, 0.25) is 0 Å². The number of aliphatic imine (C=N–C) groups is 1. The molecule has 0 amide bonds. The zero-order valence-corrected chi connectivity index (χ0v) is 20.5. The maximum absolute atomic E-state index is 12.0. The molecule has 0 radical (unpaired) electrons. The number of guanidine groups is 1. The van der Waals surface area contributed by atoms with Gasteiger partial charge in [0.2, 0.25) is 0 Å². The Hall–Kier alpha value is -1.55. The molecule has 0 atom stereocenters. The van der Waals surface area contributed by atoms with Crippen LogP contribution in [0.1, 0.15) is 49.5 Å². The summed E-state index contributed by atoms with van der Waals surface area (Å²) >= 11 is 0. The van der Waals surface area contributed by atoms with Crippen molar-refractivity contribution in [3.63, 3.8) is 0 Å². The molecule has 0 bridgehead atoms. The number of hydrogen-bond donors (Lipinski definition) is 2. The zero-order valence-electron chi connectivity index (χ0n) is 18.2. The molecule has 0 spiro atoms. The molecule has 2 N–H and O–H groups in total. The van der Waals surface area contributed by atoms with Crippen LogP contribution in [0.4, 0.5) is 0 Å². The van der Waals surface area contributed by atoms with Gasteiger partial charge in [-0.1, -0.05) is 6.07 Å². The van der Waals surface area contributed by atoms with E-state index in [-0.39, 0.29) is 24.0 Å². The molecule has 0 saturated carbocycles. The number of hydrogen-bond acceptors (Lipinski definition) is 5. The lowest BCUT2D eigenvalue weighted by Gasteiger charge is -2.35. The first kappa shape index (κ1) is 25.5. The zero-order chi connectivity index (χ0) is 20.5. The Labute approximate surface area is 191 Å². The van der Waals surface area contributed by atoms with Gasteiger partial charge in [0.25, 0.3) is 0 Å². The fourth-order valence-electron chi connectivity index (χ4n) is 3.37. The van der Waals surface area contributed by atoms with Crippen LogP contribution < -0.4 is 15.4 Å². The minimum Gasteiger partial charge on any atom is -0.496 e. The smallest absolute Gasteiger partial charge is 0.341 e. The molecule has 0 unspecified atom stereocenters. The van der Waals surface area contributed by atoms with Crippen LogP contribution in [0, 0.1) is 0 Å². The highest BCUT2D eigenvalue weighted by molar-refractivity contribution is 14.0. The van der Waals surface area contributed by atoms with Gasteiger partial charge in [-0.3, -0.25) is 0 Å². The lowest BCUT2D eigenvalue weighted by atomic mass is 10.0. The van der Waals surface area contributed by atoms with Crippen molar-refractivity contribution >= 4 is 35.9 Å². The highest BCUT2D eigenvalue weighted by Crippen LogP contribution is 2.21. The summed E-state index contributed by atoms with van der Waals surface area (Å²) < 4.78 is 10.1. The second-order valence-corrected chi connectivity index (χ2v) is 7.27. The van der Waals surface area contributed by atoms with E-state index in [2.05, 4.69) is 36.3 Å². The molecule has 2 rings (SSSR count). The second-order valence-electron chi connectivity index (χ2n) is 7.27. The van der Waals surface area contributed by atoms with Gasteiger partial charge in [0.05, 0.1) is 20.8 Å². The van der Waals surface area contributed by atoms with Gasteiger partial charge in [0, 0.05) is 31.7 Å². The van der Waals surface area contributed by atoms with E-state index in [1.807, 2.05) is 6.07 Å². The predicted octanol–water partition coefficient (Wildman–Crippen LogP) is 3.03. The monoisotopic (exact) mass is 518 g/mol. The number of ether oxygens (including phenoxy) is 2. The first-order valence-corrected chi connectivity index (χ1v) is 10.0. The molecule has 1 aliphatic heterocycles. The molecular formula is C21H35IN4O3. The number of carbonyl (C=O) groups is 1. The first-order chi connectivity index (χ1) is 13.5. The Morgan fingerprint density at radius 1 is 1.28 bits per heavy atom. The topological polar surface area (TPSA) is 75.2 Å². The van der Waals surface area contributed by atoms with Crippen molar-refractivity contribution in [1.29, 1.82) is 0 Å². The molecule has 29 heavy (non-hydrogen) atoms. The first-order valence-electron chi connectivity index (χ1n) is 10.0. The van der Waals surface area contributed by atoms with Gasteiger partial charge in [-0.25, -0.2) is 9.79 Å². The number of rotatable bonds is 7. The summed E-state index contributed by atoms with van der Waals surface area (Å²) in [5.41, 5.74) is 1.34. The summed E-state index contributed by atoms with van der Waals surface area (Å²) in [6.45, 7) is 10.0. The van der Waals surface area contributed by atoms with Gasteiger partial charge in [-0.05, 0) is 51.3 Å². The van der Waals surface area contributed by atoms with Crippen molar-refractivity contribution in [2.24, 2.45) is 4.99 Å². The molecular weight excluding hydrogens is 483 g/mol. The van der Waals surface area contributed by atoms with Gasteiger partial charge in [-0.15, -0.1) is 24.0 Å². The van der Waals surface area contributed by atoms with Gasteiger partial charge >= 0.3 is 5.97 Å². The van der Waals surface area contributed by atoms with Crippen molar-refractivity contribution in [2.45, 2.75) is 52.2 Å². The van der Waals surface area contributed by atoms with E-state index in [9.17, 15) is 4.79 Å². The van der Waals surface area contributed by atoms with Gasteiger partial charge in [0.1, 0.15) is 11.3 Å². The fourth-order valence-corrected chi connectivity index (χ4v) is 3.37. The summed E-state index contributed by atoms with van der Waals surface area (Å²) in [6.07, 6.45) is 2.22. The van der Waals surface area contributed by atoms with Gasteiger partial charge < -0.3 is 25.0 Å². The van der Waals surface area contributed by atoms with Gasteiger partial charge in [0.15, 0.2) is 5.96 Å². The third kappa shape index (κ3) is 7.65. The van der Waals surface area contributed by atoms with E-state index < -0.39 is 5.97 Å². The Morgan fingerprint density at radius 3 is 2.52 bits per heavy atom. The van der Waals surface area contributed by atoms with E-state index in [4.69, 9.17) is 14.5 Å². The minimum absolute atomic E-state index is 0. The number of nitrogens with zero attached hydrogens (tertiary/aromatic N) is 2. The Morgan fingerprint density at radius 2 is 1.97 bits per heavy atom. The summed E-state index contributed by atoms with van der Waals surface area (Å²) in [5, 5.41) is 6.87. The highest BCUT2D eigenvalue weighted by atomic mass is 127. The molecule has 1 fully saturated rings. The minimum atomic E-state index is -0.412. The lowest BCUT2D eigenvalue weighted by Crippen LogP contribution is -2.49. The Bertz CT molecular complexity index is 674. The quantitative estimate of drug-likeness (QED) is 0.250. The number of piperidine rings is 1. The van der Waals surface area contributed by atoms with Crippen LogP contribution in [0.25, 0.3) is 0 Å². The molecule has 1 saturated heterocycles. The molecule has 0 aromatic heterocycles. The summed E-state index contributed by atoms with van der Waals surface area (Å²) in [7, 11) is 2.90. The highest BCUT2D eigenvalue weighted by Gasteiger charge is 2.21. The molecule has 0 aliphatic carbocycles. The fraction of sp³-hybridized carbons (Fsp3) is 0.619. The van der Waals surface area contributed by atoms with Crippen molar-refractivity contribution in [2.75, 3.05) is 33.9 Å². The van der Waals surface area contributed by atoms with Crippen LogP contribution in [0.15, 0.2) is 23.2 Å². The van der Waals surface area contributed by atoms with E-state index in [1.165, 1.54) is 14.2 Å². The molecule has 1 aromatic carbocycles. The Kier molecular flexibility index (Phi) is 11.3. The van der Waals surface area contributed by atoms with Crippen molar-refractivity contribution in [3.8, 4) is 5.75 Å². The number of methoxy groups -OCH3 is 2. The average Bonchev–Trinajstić information content (AvgIpc) is 2.71. The van der Waals surface area contributed by atoms with Crippen molar-refractivity contribution in [3.05, 3.63) is 29.3 Å². The summed E-state index contributed by atoms with van der Waals surface area (Å²) in [6, 6.07) is 6.49. The standard InChI is InChI=1S/C21H34N4O3.HI/c1-6-22-21(24-17-9-11-25(12-10-17)15(2)3)23-14-16-7-8-19(27-4)18(13-16)20(26)28-5;/h7-8,13,15,17H,6,9-12,14H2,1-5H3,(H2,22,23,24);1H. The van der Waals surface area contributed by atoms with Crippen molar-refractivity contribution in [1.82, 2.24) is 15.5 Å². The maximum Gasteiger partial charge on any atom is 0.341 e. The van der Waals surface area contributed by atoms with Crippen LogP contribution in [0.5, 0.6) is 5.75 Å². The van der Waals surface area contributed by atoms with Crippen LogP contribution in [-0.2, 0) is 11.3 Å². The molecule has 7 nitrogen and oxygen atoms in total. The third-order valence-electron chi connectivity index (χ3n) is 5.03. The molecule has 164 valence electrons. The molecule has 1 aliphatic rings. The van der Waals surface area contributed by atoms with E-state index in [0.717, 1.165) is 44.0 Å². The predicted molar refractivity (Wildman–Crippen MR) is 127 cm³/mol. The van der Waals surface area contributed by atoms with Crippen molar-refractivity contribution < 1.29 is 14.3 Å².